The van der Waals surface area contributed by atoms with E-state index in [2.05, 4.69) is 25.7 Å². The molecule has 32 heavy (non-hydrogen) atoms. The molecule has 2 aromatic carbocycles. The third kappa shape index (κ3) is 8.41. The molecule has 0 aliphatic rings. The lowest BCUT2D eigenvalue weighted by Crippen LogP contribution is -2.38. The smallest absolute Gasteiger partial charge is 0.387 e. The SMILES string of the molecule is CCNC(=NCc1cccc(OCC)c1OC(F)F)NCCCNC(=O)c1ccccc1. The minimum Gasteiger partial charge on any atom is -0.490 e. The quantitative estimate of drug-likeness (QED) is 0.263. The van der Waals surface area contributed by atoms with E-state index in [1.807, 2.05) is 25.1 Å². The van der Waals surface area contributed by atoms with Gasteiger partial charge in [0.15, 0.2) is 17.5 Å². The zero-order chi connectivity index (χ0) is 23.2. The maximum atomic E-state index is 12.9. The summed E-state index contributed by atoms with van der Waals surface area (Å²) in [7, 11) is 0. The molecule has 3 N–H and O–H groups in total. The van der Waals surface area contributed by atoms with Crippen LogP contribution in [0.15, 0.2) is 53.5 Å². The highest BCUT2D eigenvalue weighted by Crippen LogP contribution is 2.33. The van der Waals surface area contributed by atoms with E-state index in [4.69, 9.17) is 4.74 Å². The van der Waals surface area contributed by atoms with E-state index in [0.717, 1.165) is 0 Å². The highest BCUT2D eigenvalue weighted by atomic mass is 19.3. The van der Waals surface area contributed by atoms with Crippen molar-refractivity contribution in [1.29, 1.82) is 0 Å². The predicted octanol–water partition coefficient (Wildman–Crippen LogP) is 3.56. The van der Waals surface area contributed by atoms with Gasteiger partial charge in [0.05, 0.1) is 13.2 Å². The number of para-hydroxylation sites is 1. The summed E-state index contributed by atoms with van der Waals surface area (Å²) in [5.41, 5.74) is 1.11. The third-order valence-corrected chi connectivity index (χ3v) is 4.29. The monoisotopic (exact) mass is 448 g/mol. The predicted molar refractivity (Wildman–Crippen MR) is 120 cm³/mol. The molecule has 0 fully saturated rings. The first kappa shape index (κ1) is 24.9. The van der Waals surface area contributed by atoms with Crippen molar-refractivity contribution in [2.24, 2.45) is 4.99 Å². The van der Waals surface area contributed by atoms with Crippen LogP contribution in [0.4, 0.5) is 8.78 Å². The average molecular weight is 449 g/mol. The molecule has 0 radical (unpaired) electrons. The van der Waals surface area contributed by atoms with Crippen molar-refractivity contribution < 1.29 is 23.0 Å². The highest BCUT2D eigenvalue weighted by Gasteiger charge is 2.15. The second kappa shape index (κ2) is 13.8. The molecule has 0 aliphatic heterocycles. The molecule has 0 bridgehead atoms. The number of carbonyl (C=O) groups is 1. The van der Waals surface area contributed by atoms with Gasteiger partial charge >= 0.3 is 6.61 Å². The number of nitrogens with one attached hydrogen (secondary N) is 3. The van der Waals surface area contributed by atoms with Gasteiger partial charge in [-0.05, 0) is 38.5 Å². The first-order valence-corrected chi connectivity index (χ1v) is 10.6. The molecule has 2 aromatic rings. The summed E-state index contributed by atoms with van der Waals surface area (Å²) >= 11 is 0. The number of hydrogen-bond acceptors (Lipinski definition) is 4. The van der Waals surface area contributed by atoms with E-state index in [1.54, 1.807) is 37.3 Å². The van der Waals surface area contributed by atoms with Crippen molar-refractivity contribution in [3.8, 4) is 11.5 Å². The number of nitrogens with zero attached hydrogens (tertiary/aromatic N) is 1. The van der Waals surface area contributed by atoms with Crippen LogP contribution >= 0.6 is 0 Å². The summed E-state index contributed by atoms with van der Waals surface area (Å²) in [4.78, 5) is 16.5. The van der Waals surface area contributed by atoms with E-state index in [9.17, 15) is 13.6 Å². The number of hydrogen-bond donors (Lipinski definition) is 3. The van der Waals surface area contributed by atoms with Crippen LogP contribution in [-0.4, -0.2) is 44.7 Å². The van der Waals surface area contributed by atoms with Crippen LogP contribution in [0.3, 0.4) is 0 Å². The summed E-state index contributed by atoms with van der Waals surface area (Å²) in [6, 6.07) is 14.0. The molecule has 7 nitrogen and oxygen atoms in total. The number of aliphatic imine (C=N–C) groups is 1. The molecular formula is C23H30F2N4O3. The number of ether oxygens (including phenoxy) is 2. The fraction of sp³-hybridized carbons (Fsp3) is 0.391. The number of rotatable bonds is 12. The van der Waals surface area contributed by atoms with Gasteiger partial charge in [-0.1, -0.05) is 30.3 Å². The molecule has 0 atom stereocenters. The van der Waals surface area contributed by atoms with Crippen LogP contribution in [-0.2, 0) is 6.54 Å². The van der Waals surface area contributed by atoms with E-state index < -0.39 is 6.61 Å². The summed E-state index contributed by atoms with van der Waals surface area (Å²) in [5, 5.41) is 9.15. The largest absolute Gasteiger partial charge is 0.490 e. The van der Waals surface area contributed by atoms with Crippen molar-refractivity contribution in [2.75, 3.05) is 26.2 Å². The summed E-state index contributed by atoms with van der Waals surface area (Å²) in [6.45, 7) is 2.90. The van der Waals surface area contributed by atoms with Gasteiger partial charge in [-0.15, -0.1) is 0 Å². The van der Waals surface area contributed by atoms with Crippen molar-refractivity contribution in [2.45, 2.75) is 33.4 Å². The van der Waals surface area contributed by atoms with Crippen molar-refractivity contribution in [1.82, 2.24) is 16.0 Å². The topological polar surface area (TPSA) is 84.0 Å². The first-order chi connectivity index (χ1) is 15.5. The number of halogens is 2. The van der Waals surface area contributed by atoms with Gasteiger partial charge in [-0.3, -0.25) is 4.79 Å². The Morgan fingerprint density at radius 1 is 1.00 bits per heavy atom. The number of guanidine groups is 1. The molecule has 0 aromatic heterocycles. The van der Waals surface area contributed by atoms with Crippen LogP contribution in [0.2, 0.25) is 0 Å². The normalized spacial score (nSPS) is 11.2. The Labute approximate surface area is 187 Å². The Morgan fingerprint density at radius 2 is 1.75 bits per heavy atom. The van der Waals surface area contributed by atoms with Gasteiger partial charge < -0.3 is 25.4 Å². The summed E-state index contributed by atoms with van der Waals surface area (Å²) in [5.74, 6) is 0.666. The van der Waals surface area contributed by atoms with Gasteiger partial charge in [0.2, 0.25) is 0 Å². The fourth-order valence-electron chi connectivity index (χ4n) is 2.87. The molecule has 0 saturated heterocycles. The molecule has 1 amide bonds. The molecule has 0 spiro atoms. The van der Waals surface area contributed by atoms with Crippen molar-refractivity contribution >= 4 is 11.9 Å². The fourth-order valence-corrected chi connectivity index (χ4v) is 2.87. The number of amides is 1. The second-order valence-corrected chi connectivity index (χ2v) is 6.65. The Balaban J connectivity index is 1.91. The number of carbonyl (C=O) groups excluding carboxylic acids is 1. The van der Waals surface area contributed by atoms with E-state index in [0.29, 0.717) is 49.7 Å². The number of benzene rings is 2. The van der Waals surface area contributed by atoms with E-state index in [-0.39, 0.29) is 24.0 Å². The van der Waals surface area contributed by atoms with Crippen molar-refractivity contribution in [3.05, 3.63) is 59.7 Å². The van der Waals surface area contributed by atoms with Crippen molar-refractivity contribution in [3.63, 3.8) is 0 Å². The summed E-state index contributed by atoms with van der Waals surface area (Å²) < 4.78 is 35.8. The zero-order valence-corrected chi connectivity index (χ0v) is 18.4. The van der Waals surface area contributed by atoms with Gasteiger partial charge in [0.1, 0.15) is 0 Å². The first-order valence-electron chi connectivity index (χ1n) is 10.6. The van der Waals surface area contributed by atoms with Crippen LogP contribution in [0, 0.1) is 0 Å². The average Bonchev–Trinajstić information content (AvgIpc) is 2.79. The Kier molecular flexibility index (Phi) is 10.8. The van der Waals surface area contributed by atoms with E-state index >= 15 is 0 Å². The Hall–Kier alpha value is -3.36. The molecule has 2 rings (SSSR count). The lowest BCUT2D eigenvalue weighted by atomic mass is 10.2. The lowest BCUT2D eigenvalue weighted by molar-refractivity contribution is -0.0520. The number of alkyl halides is 2. The molecule has 0 unspecified atom stereocenters. The van der Waals surface area contributed by atoms with Gasteiger partial charge in [0.25, 0.3) is 5.91 Å². The molecule has 0 saturated carbocycles. The van der Waals surface area contributed by atoms with Crippen LogP contribution in [0.5, 0.6) is 11.5 Å². The maximum absolute atomic E-state index is 12.9. The maximum Gasteiger partial charge on any atom is 0.387 e. The molecule has 0 aliphatic carbocycles. The van der Waals surface area contributed by atoms with Gasteiger partial charge in [0, 0.05) is 30.8 Å². The lowest BCUT2D eigenvalue weighted by Gasteiger charge is -2.15. The summed E-state index contributed by atoms with van der Waals surface area (Å²) in [6.07, 6.45) is 0.683. The van der Waals surface area contributed by atoms with Gasteiger partial charge in [-0.25, -0.2) is 4.99 Å². The van der Waals surface area contributed by atoms with Gasteiger partial charge in [-0.2, -0.15) is 8.78 Å². The van der Waals surface area contributed by atoms with Crippen LogP contribution in [0.1, 0.15) is 36.2 Å². The Bertz CT molecular complexity index is 864. The van der Waals surface area contributed by atoms with Crippen LogP contribution < -0.4 is 25.4 Å². The minimum atomic E-state index is -2.96. The standard InChI is InChI=1S/C23H30F2N4O3/c1-3-26-23(28-15-9-14-27-21(30)17-10-6-5-7-11-17)29-16-18-12-8-13-19(31-4-2)20(18)32-22(24)25/h5-8,10-13,22H,3-4,9,14-16H2,1-2H3,(H,27,30)(H2,26,28,29). The molecule has 174 valence electrons. The van der Waals surface area contributed by atoms with E-state index in [1.165, 1.54) is 0 Å². The molecular weight excluding hydrogens is 418 g/mol. The molecule has 0 heterocycles. The third-order valence-electron chi connectivity index (χ3n) is 4.29. The zero-order valence-electron chi connectivity index (χ0n) is 18.4. The highest BCUT2D eigenvalue weighted by molar-refractivity contribution is 5.94. The Morgan fingerprint density at radius 3 is 2.44 bits per heavy atom. The minimum absolute atomic E-state index is 0.00688. The second-order valence-electron chi connectivity index (χ2n) is 6.65. The van der Waals surface area contributed by atoms with Crippen LogP contribution in [0.25, 0.3) is 0 Å². The molecule has 9 heteroatoms.